The number of esters is 3. The van der Waals surface area contributed by atoms with Crippen LogP contribution < -0.4 is 0 Å². The second-order valence-electron chi connectivity index (χ2n) is 9.61. The second kappa shape index (κ2) is 8.35. The molecule has 1 rings (SSSR count). The third kappa shape index (κ3) is 7.68. The fourth-order valence-corrected chi connectivity index (χ4v) is 2.24. The van der Waals surface area contributed by atoms with Crippen molar-refractivity contribution in [3.63, 3.8) is 0 Å². The zero-order chi connectivity index (χ0) is 22.8. The van der Waals surface area contributed by atoms with Gasteiger partial charge in [0.25, 0.3) is 0 Å². The van der Waals surface area contributed by atoms with Crippen molar-refractivity contribution in [3.05, 3.63) is 34.4 Å². The number of hydrogen-bond acceptors (Lipinski definition) is 7. The van der Waals surface area contributed by atoms with E-state index in [0.717, 1.165) is 0 Å². The van der Waals surface area contributed by atoms with Crippen LogP contribution in [0.15, 0.2) is 12.1 Å². The number of aldehydes is 1. The maximum Gasteiger partial charge on any atom is 0.339 e. The van der Waals surface area contributed by atoms with Gasteiger partial charge in [0, 0.05) is 5.56 Å². The molecule has 0 spiro atoms. The summed E-state index contributed by atoms with van der Waals surface area (Å²) in [5.74, 6) is -2.42. The van der Waals surface area contributed by atoms with Crippen LogP contribution in [0.3, 0.4) is 0 Å². The minimum Gasteiger partial charge on any atom is -0.456 e. The van der Waals surface area contributed by atoms with Gasteiger partial charge in [-0.2, -0.15) is 0 Å². The zero-order valence-electron chi connectivity index (χ0n) is 18.6. The number of ether oxygens (including phenoxy) is 3. The van der Waals surface area contributed by atoms with E-state index in [2.05, 4.69) is 0 Å². The minimum atomic E-state index is -0.842. The number of carbonyl (C=O) groups excluding carboxylic acids is 4. The highest BCUT2D eigenvalue weighted by atomic mass is 16.6. The lowest BCUT2D eigenvalue weighted by Gasteiger charge is -2.23. The molecule has 1 aromatic carbocycles. The van der Waals surface area contributed by atoms with E-state index in [1.165, 1.54) is 12.1 Å². The molecule has 0 amide bonds. The van der Waals surface area contributed by atoms with Crippen molar-refractivity contribution in [1.29, 1.82) is 0 Å². The molecule has 1 aromatic rings. The summed E-state index contributed by atoms with van der Waals surface area (Å²) < 4.78 is 16.0. The van der Waals surface area contributed by atoms with Crippen LogP contribution >= 0.6 is 0 Å². The third-order valence-electron chi connectivity index (χ3n) is 3.17. The minimum absolute atomic E-state index is 0.0627. The first-order valence-electron chi connectivity index (χ1n) is 9.27. The van der Waals surface area contributed by atoms with E-state index in [-0.39, 0.29) is 22.3 Å². The smallest absolute Gasteiger partial charge is 0.339 e. The lowest BCUT2D eigenvalue weighted by atomic mass is 9.97. The Hall–Kier alpha value is -2.70. The molecule has 0 N–H and O–H groups in total. The van der Waals surface area contributed by atoms with Crippen molar-refractivity contribution in [3.8, 4) is 0 Å². The van der Waals surface area contributed by atoms with E-state index in [0.29, 0.717) is 6.29 Å². The molecule has 0 aliphatic rings. The van der Waals surface area contributed by atoms with Gasteiger partial charge in [-0.3, -0.25) is 4.79 Å². The van der Waals surface area contributed by atoms with Crippen LogP contribution in [0.1, 0.15) is 104 Å². The Kier molecular flexibility index (Phi) is 7.01. The topological polar surface area (TPSA) is 96.0 Å². The van der Waals surface area contributed by atoms with Crippen LogP contribution in [0.2, 0.25) is 0 Å². The van der Waals surface area contributed by atoms with Crippen LogP contribution in [0.4, 0.5) is 0 Å². The molecule has 29 heavy (non-hydrogen) atoms. The number of rotatable bonds is 4. The number of carbonyl (C=O) groups is 4. The summed E-state index contributed by atoms with van der Waals surface area (Å²) in [6.07, 6.45) is 0.372. The summed E-state index contributed by atoms with van der Waals surface area (Å²) in [5.41, 5.74) is -3.17. The van der Waals surface area contributed by atoms with Crippen molar-refractivity contribution >= 4 is 24.2 Å². The molecule has 7 heteroatoms. The van der Waals surface area contributed by atoms with E-state index in [1.807, 2.05) is 0 Å². The van der Waals surface area contributed by atoms with Gasteiger partial charge in [-0.1, -0.05) is 0 Å². The highest BCUT2D eigenvalue weighted by molar-refractivity contribution is 6.09. The molecular formula is C22H30O7. The quantitative estimate of drug-likeness (QED) is 0.416. The largest absolute Gasteiger partial charge is 0.456 e. The van der Waals surface area contributed by atoms with Crippen LogP contribution in [-0.4, -0.2) is 41.0 Å². The predicted octanol–water partition coefficient (Wildman–Crippen LogP) is 4.37. The van der Waals surface area contributed by atoms with Crippen LogP contribution in [-0.2, 0) is 14.2 Å². The average molecular weight is 406 g/mol. The van der Waals surface area contributed by atoms with Gasteiger partial charge in [-0.05, 0) is 74.4 Å². The first-order valence-corrected chi connectivity index (χ1v) is 9.27. The van der Waals surface area contributed by atoms with Crippen LogP contribution in [0.5, 0.6) is 0 Å². The van der Waals surface area contributed by atoms with Gasteiger partial charge >= 0.3 is 17.9 Å². The van der Waals surface area contributed by atoms with E-state index in [4.69, 9.17) is 14.2 Å². The fraction of sp³-hybridized carbons (Fsp3) is 0.545. The Balaban J connectivity index is 3.64. The maximum atomic E-state index is 12.7. The molecule has 0 atom stereocenters. The van der Waals surface area contributed by atoms with Gasteiger partial charge in [-0.25, -0.2) is 14.4 Å². The molecule has 0 aliphatic carbocycles. The Bertz CT molecular complexity index is 766. The van der Waals surface area contributed by atoms with Crippen LogP contribution in [0.25, 0.3) is 0 Å². The van der Waals surface area contributed by atoms with Crippen LogP contribution in [0, 0.1) is 0 Å². The normalized spacial score (nSPS) is 12.2. The summed E-state index contributed by atoms with van der Waals surface area (Å²) in [4.78, 5) is 49.7. The van der Waals surface area contributed by atoms with E-state index >= 15 is 0 Å². The van der Waals surface area contributed by atoms with Gasteiger partial charge in [0.15, 0.2) is 6.29 Å². The Morgan fingerprint density at radius 2 is 0.966 bits per heavy atom. The molecule has 0 unspecified atom stereocenters. The second-order valence-corrected chi connectivity index (χ2v) is 9.61. The van der Waals surface area contributed by atoms with Crippen molar-refractivity contribution < 1.29 is 33.4 Å². The van der Waals surface area contributed by atoms with E-state index in [9.17, 15) is 19.2 Å². The molecule has 7 nitrogen and oxygen atoms in total. The average Bonchev–Trinajstić information content (AvgIpc) is 2.48. The van der Waals surface area contributed by atoms with Gasteiger partial charge in [0.05, 0.1) is 16.7 Å². The number of benzene rings is 1. The molecule has 0 heterocycles. The standard InChI is InChI=1S/C22H30O7/c1-20(2,3)27-17(24)13-10-14(18(25)28-21(4,5)6)16(12-23)15(11-13)19(26)29-22(7,8)9/h10-12H,1-9H3. The van der Waals surface area contributed by atoms with Crippen molar-refractivity contribution in [2.24, 2.45) is 0 Å². The molecule has 0 radical (unpaired) electrons. The first kappa shape index (κ1) is 24.3. The fourth-order valence-electron chi connectivity index (χ4n) is 2.24. The number of hydrogen-bond donors (Lipinski definition) is 0. The molecular weight excluding hydrogens is 376 g/mol. The summed E-state index contributed by atoms with van der Waals surface area (Å²) >= 11 is 0. The summed E-state index contributed by atoms with van der Waals surface area (Å²) in [7, 11) is 0. The summed E-state index contributed by atoms with van der Waals surface area (Å²) in [5, 5.41) is 0. The van der Waals surface area contributed by atoms with Crippen molar-refractivity contribution in [2.75, 3.05) is 0 Å². The van der Waals surface area contributed by atoms with Gasteiger partial charge < -0.3 is 14.2 Å². The highest BCUT2D eigenvalue weighted by Crippen LogP contribution is 2.24. The van der Waals surface area contributed by atoms with E-state index in [1.54, 1.807) is 62.3 Å². The van der Waals surface area contributed by atoms with Crippen molar-refractivity contribution in [1.82, 2.24) is 0 Å². The third-order valence-corrected chi connectivity index (χ3v) is 3.17. The Morgan fingerprint density at radius 3 is 1.24 bits per heavy atom. The highest BCUT2D eigenvalue weighted by Gasteiger charge is 2.29. The summed E-state index contributed by atoms with van der Waals surface area (Å²) in [6, 6.07) is 2.39. The Labute approximate surface area is 171 Å². The Morgan fingerprint density at radius 1 is 0.655 bits per heavy atom. The summed E-state index contributed by atoms with van der Waals surface area (Å²) in [6.45, 7) is 15.1. The molecule has 0 saturated heterocycles. The molecule has 0 saturated carbocycles. The lowest BCUT2D eigenvalue weighted by molar-refractivity contribution is 0.00670. The first-order chi connectivity index (χ1) is 12.9. The van der Waals surface area contributed by atoms with E-state index < -0.39 is 34.7 Å². The van der Waals surface area contributed by atoms with Gasteiger partial charge in [-0.15, -0.1) is 0 Å². The monoisotopic (exact) mass is 406 g/mol. The maximum absolute atomic E-state index is 12.7. The zero-order valence-corrected chi connectivity index (χ0v) is 18.6. The lowest BCUT2D eigenvalue weighted by Crippen LogP contribution is -2.28. The molecule has 0 aliphatic heterocycles. The molecule has 0 aromatic heterocycles. The molecule has 0 bridgehead atoms. The molecule has 0 fully saturated rings. The van der Waals surface area contributed by atoms with Gasteiger partial charge in [0.2, 0.25) is 0 Å². The molecule has 160 valence electrons. The van der Waals surface area contributed by atoms with Gasteiger partial charge in [0.1, 0.15) is 16.8 Å². The van der Waals surface area contributed by atoms with Crippen molar-refractivity contribution in [2.45, 2.75) is 79.1 Å². The predicted molar refractivity (Wildman–Crippen MR) is 107 cm³/mol. The SMILES string of the molecule is CC(C)(C)OC(=O)c1cc(C(=O)OC(C)(C)C)c(C=O)c(C(=O)OC(C)(C)C)c1.